The smallest absolute Gasteiger partial charge is 0.320 e. The Morgan fingerprint density at radius 3 is 1.88 bits per heavy atom. The van der Waals surface area contributed by atoms with Crippen LogP contribution in [0.5, 0.6) is 11.5 Å². The zero-order valence-corrected chi connectivity index (χ0v) is 19.6. The van der Waals surface area contributed by atoms with Gasteiger partial charge in [-0.15, -0.1) is 0 Å². The van der Waals surface area contributed by atoms with Crippen LogP contribution in [0.4, 0.5) is 0 Å². The molecule has 2 aromatic rings. The molecule has 0 aliphatic carbocycles. The van der Waals surface area contributed by atoms with Gasteiger partial charge in [0.15, 0.2) is 23.2 Å². The molecular formula is C25H30O7. The fraction of sp³-hybridized carbons (Fsp3) is 0.400. The Hall–Kier alpha value is -3.35. The molecule has 172 valence electrons. The van der Waals surface area contributed by atoms with E-state index in [1.807, 2.05) is 26.0 Å². The summed E-state index contributed by atoms with van der Waals surface area (Å²) in [5.41, 5.74) is 2.93. The first-order valence-electron chi connectivity index (χ1n) is 10.2. The predicted octanol–water partition coefficient (Wildman–Crippen LogP) is 3.89. The second kappa shape index (κ2) is 10.8. The lowest BCUT2D eigenvalue weighted by molar-refractivity contribution is -0.160. The quantitative estimate of drug-likeness (QED) is 0.331. The van der Waals surface area contributed by atoms with Gasteiger partial charge in [-0.1, -0.05) is 36.8 Å². The highest BCUT2D eigenvalue weighted by Gasteiger charge is 2.43. The Morgan fingerprint density at radius 1 is 0.781 bits per heavy atom. The van der Waals surface area contributed by atoms with E-state index in [4.69, 9.17) is 18.9 Å². The number of methoxy groups -OCH3 is 4. The van der Waals surface area contributed by atoms with Crippen molar-refractivity contribution in [3.05, 3.63) is 58.7 Å². The fourth-order valence-corrected chi connectivity index (χ4v) is 3.97. The van der Waals surface area contributed by atoms with E-state index < -0.39 is 29.7 Å². The summed E-state index contributed by atoms with van der Waals surface area (Å²) in [6.45, 7) is 5.50. The number of Topliss-reactive ketones (excluding diaryl/α,β-unsaturated/α-hetero) is 1. The number of ether oxygens (including phenoxy) is 4. The topological polar surface area (TPSA) is 88.1 Å². The molecule has 0 saturated carbocycles. The second-order valence-corrected chi connectivity index (χ2v) is 7.64. The van der Waals surface area contributed by atoms with Gasteiger partial charge in [0.05, 0.1) is 28.4 Å². The van der Waals surface area contributed by atoms with Gasteiger partial charge in [-0.25, -0.2) is 0 Å². The third-order valence-electron chi connectivity index (χ3n) is 5.66. The number of carbonyl (C=O) groups excluding carboxylic acids is 3. The lowest BCUT2D eigenvalue weighted by atomic mass is 9.74. The molecule has 0 saturated heterocycles. The van der Waals surface area contributed by atoms with Gasteiger partial charge in [-0.3, -0.25) is 14.4 Å². The normalized spacial score (nSPS) is 12.6. The number of esters is 2. The Morgan fingerprint density at radius 2 is 1.38 bits per heavy atom. The summed E-state index contributed by atoms with van der Waals surface area (Å²) < 4.78 is 20.5. The lowest BCUT2D eigenvalue weighted by Crippen LogP contribution is -2.37. The van der Waals surface area contributed by atoms with Crippen LogP contribution >= 0.6 is 0 Å². The minimum absolute atomic E-state index is 0.194. The Kier molecular flexibility index (Phi) is 8.41. The van der Waals surface area contributed by atoms with Gasteiger partial charge >= 0.3 is 11.9 Å². The number of hydrogen-bond acceptors (Lipinski definition) is 7. The van der Waals surface area contributed by atoms with Crippen LogP contribution in [0.1, 0.15) is 39.9 Å². The maximum atomic E-state index is 13.5. The van der Waals surface area contributed by atoms with E-state index >= 15 is 0 Å². The maximum absolute atomic E-state index is 13.5. The number of aryl methyl sites for hydroxylation is 2. The molecule has 0 fully saturated rings. The van der Waals surface area contributed by atoms with E-state index in [1.54, 1.807) is 31.2 Å². The SMILES string of the molecule is COC(=O)C(C(=O)OC)C(c1ccc(OC)c(OC)c1)C(C)C(=O)c1ccc(C)cc1C. The standard InChI is InChI=1S/C25H30O7/c1-14-8-10-18(15(2)12-14)23(26)16(3)21(22(24(27)31-6)25(28)32-7)17-9-11-19(29-4)20(13-17)30-5/h8-13,16,21-22H,1-7H3. The Bertz CT molecular complexity index is 980. The highest BCUT2D eigenvalue weighted by Crippen LogP contribution is 2.40. The molecule has 0 aromatic heterocycles. The van der Waals surface area contributed by atoms with Crippen LogP contribution in [0.15, 0.2) is 36.4 Å². The molecule has 0 spiro atoms. The monoisotopic (exact) mass is 442 g/mol. The van der Waals surface area contributed by atoms with Gasteiger partial charge in [0.1, 0.15) is 0 Å². The van der Waals surface area contributed by atoms with Gasteiger partial charge in [0.25, 0.3) is 0 Å². The number of ketones is 1. The lowest BCUT2D eigenvalue weighted by Gasteiger charge is -2.29. The highest BCUT2D eigenvalue weighted by atomic mass is 16.5. The molecule has 7 nitrogen and oxygen atoms in total. The van der Waals surface area contributed by atoms with Crippen LogP contribution < -0.4 is 9.47 Å². The third-order valence-corrected chi connectivity index (χ3v) is 5.66. The van der Waals surface area contributed by atoms with Crippen LogP contribution in [0.25, 0.3) is 0 Å². The number of benzene rings is 2. The number of rotatable bonds is 9. The van der Waals surface area contributed by atoms with Crippen LogP contribution in [0, 0.1) is 25.7 Å². The van der Waals surface area contributed by atoms with Crippen LogP contribution in [0.2, 0.25) is 0 Å². The summed E-state index contributed by atoms with van der Waals surface area (Å²) in [6.07, 6.45) is 0. The van der Waals surface area contributed by atoms with E-state index in [2.05, 4.69) is 0 Å². The van der Waals surface area contributed by atoms with Gasteiger partial charge < -0.3 is 18.9 Å². The van der Waals surface area contributed by atoms with E-state index in [-0.39, 0.29) is 5.78 Å². The summed E-state index contributed by atoms with van der Waals surface area (Å²) >= 11 is 0. The van der Waals surface area contributed by atoms with E-state index in [9.17, 15) is 14.4 Å². The van der Waals surface area contributed by atoms with Crippen molar-refractivity contribution in [1.82, 2.24) is 0 Å². The molecule has 0 aliphatic heterocycles. The number of carbonyl (C=O) groups is 3. The summed E-state index contributed by atoms with van der Waals surface area (Å²) in [5.74, 6) is -3.81. The summed E-state index contributed by atoms with van der Waals surface area (Å²) in [5, 5.41) is 0. The first-order valence-corrected chi connectivity index (χ1v) is 10.2. The van der Waals surface area contributed by atoms with Crippen LogP contribution in [-0.4, -0.2) is 46.2 Å². The molecule has 0 heterocycles. The van der Waals surface area contributed by atoms with Crippen molar-refractivity contribution in [2.45, 2.75) is 26.7 Å². The molecule has 0 radical (unpaired) electrons. The van der Waals surface area contributed by atoms with E-state index in [1.165, 1.54) is 28.4 Å². The molecule has 32 heavy (non-hydrogen) atoms. The van der Waals surface area contributed by atoms with Crippen molar-refractivity contribution in [1.29, 1.82) is 0 Å². The van der Waals surface area contributed by atoms with Crippen molar-refractivity contribution in [3.63, 3.8) is 0 Å². The zero-order chi connectivity index (χ0) is 24.0. The van der Waals surface area contributed by atoms with Gasteiger partial charge in [-0.2, -0.15) is 0 Å². The average molecular weight is 443 g/mol. The predicted molar refractivity (Wildman–Crippen MR) is 119 cm³/mol. The molecule has 2 rings (SSSR count). The molecule has 2 aromatic carbocycles. The minimum atomic E-state index is -1.34. The minimum Gasteiger partial charge on any atom is -0.493 e. The Balaban J connectivity index is 2.67. The number of hydrogen-bond donors (Lipinski definition) is 0. The molecule has 0 amide bonds. The molecule has 0 aliphatic rings. The maximum Gasteiger partial charge on any atom is 0.320 e. The summed E-state index contributed by atoms with van der Waals surface area (Å²) in [6, 6.07) is 10.6. The van der Waals surface area contributed by atoms with Crippen molar-refractivity contribution in [3.8, 4) is 11.5 Å². The molecule has 0 N–H and O–H groups in total. The second-order valence-electron chi connectivity index (χ2n) is 7.64. The first kappa shape index (κ1) is 24.9. The van der Waals surface area contributed by atoms with Gasteiger partial charge in [0, 0.05) is 17.4 Å². The highest BCUT2D eigenvalue weighted by molar-refractivity contribution is 6.02. The molecular weight excluding hydrogens is 412 g/mol. The van der Waals surface area contributed by atoms with Gasteiger partial charge in [-0.05, 0) is 37.1 Å². The van der Waals surface area contributed by atoms with Crippen molar-refractivity contribution >= 4 is 17.7 Å². The van der Waals surface area contributed by atoms with Crippen molar-refractivity contribution in [2.75, 3.05) is 28.4 Å². The molecule has 0 bridgehead atoms. The van der Waals surface area contributed by atoms with Crippen molar-refractivity contribution < 1.29 is 33.3 Å². The summed E-state index contributed by atoms with van der Waals surface area (Å²) in [7, 11) is 5.38. The van der Waals surface area contributed by atoms with E-state index in [0.29, 0.717) is 22.6 Å². The summed E-state index contributed by atoms with van der Waals surface area (Å²) in [4.78, 5) is 38.9. The molecule has 7 heteroatoms. The molecule has 2 unspecified atom stereocenters. The first-order chi connectivity index (χ1) is 15.2. The average Bonchev–Trinajstić information content (AvgIpc) is 2.80. The van der Waals surface area contributed by atoms with Crippen molar-refractivity contribution in [2.24, 2.45) is 11.8 Å². The molecule has 2 atom stereocenters. The Labute approximate surface area is 188 Å². The third kappa shape index (κ3) is 5.10. The van der Waals surface area contributed by atoms with Gasteiger partial charge in [0.2, 0.25) is 0 Å². The van der Waals surface area contributed by atoms with Crippen LogP contribution in [-0.2, 0) is 19.1 Å². The zero-order valence-electron chi connectivity index (χ0n) is 19.6. The largest absolute Gasteiger partial charge is 0.493 e. The fourth-order valence-electron chi connectivity index (χ4n) is 3.97. The van der Waals surface area contributed by atoms with E-state index in [0.717, 1.165) is 11.1 Å². The van der Waals surface area contributed by atoms with Crippen LogP contribution in [0.3, 0.4) is 0 Å².